The van der Waals surface area contributed by atoms with Crippen molar-refractivity contribution in [2.75, 3.05) is 0 Å². The van der Waals surface area contributed by atoms with E-state index in [-0.39, 0.29) is 0 Å². The van der Waals surface area contributed by atoms with Gasteiger partial charge in [-0.25, -0.2) is 0 Å². The van der Waals surface area contributed by atoms with Crippen LogP contribution in [0.5, 0.6) is 0 Å². The molecule has 1 atom stereocenters. The van der Waals surface area contributed by atoms with Crippen molar-refractivity contribution in [2.24, 2.45) is 5.92 Å². The summed E-state index contributed by atoms with van der Waals surface area (Å²) in [6.07, 6.45) is 3.55. The topological polar surface area (TPSA) is 20.2 Å². The molecule has 2 heteroatoms. The summed E-state index contributed by atoms with van der Waals surface area (Å²) < 4.78 is 0. The van der Waals surface area contributed by atoms with Crippen molar-refractivity contribution in [3.63, 3.8) is 0 Å². The van der Waals surface area contributed by atoms with Gasteiger partial charge < -0.3 is 5.11 Å². The zero-order valence-electron chi connectivity index (χ0n) is 8.21. The van der Waals surface area contributed by atoms with E-state index < -0.39 is 5.60 Å². The number of aryl methyl sites for hydroxylation is 1. The van der Waals surface area contributed by atoms with E-state index in [0.717, 1.165) is 17.2 Å². The minimum Gasteiger partial charge on any atom is -0.385 e. The molecule has 1 saturated carbocycles. The molecule has 0 spiro atoms. The van der Waals surface area contributed by atoms with E-state index in [1.54, 1.807) is 11.3 Å². The Hall–Kier alpha value is -0.340. The summed E-state index contributed by atoms with van der Waals surface area (Å²) in [6, 6.07) is 2.08. The van der Waals surface area contributed by atoms with E-state index in [1.165, 1.54) is 18.4 Å². The van der Waals surface area contributed by atoms with Gasteiger partial charge in [0.05, 0.1) is 5.60 Å². The second-order valence-electron chi connectivity index (χ2n) is 4.35. The highest BCUT2D eigenvalue weighted by Gasteiger charge is 2.34. The Morgan fingerprint density at radius 2 is 2.31 bits per heavy atom. The van der Waals surface area contributed by atoms with Crippen LogP contribution in [0.25, 0.3) is 0 Å². The third kappa shape index (κ3) is 1.94. The van der Waals surface area contributed by atoms with Crippen LogP contribution in [0.1, 0.15) is 36.6 Å². The van der Waals surface area contributed by atoms with Crippen LogP contribution in [0.15, 0.2) is 11.4 Å². The van der Waals surface area contributed by atoms with Gasteiger partial charge in [-0.15, -0.1) is 11.3 Å². The average molecular weight is 196 g/mol. The van der Waals surface area contributed by atoms with Gasteiger partial charge in [-0.05, 0) is 43.2 Å². The van der Waals surface area contributed by atoms with Gasteiger partial charge in [-0.2, -0.15) is 0 Å². The van der Waals surface area contributed by atoms with E-state index in [1.807, 2.05) is 6.92 Å². The van der Waals surface area contributed by atoms with Gasteiger partial charge in [0.1, 0.15) is 0 Å². The molecule has 72 valence electrons. The molecular formula is C11H16OS. The Bertz CT molecular complexity index is 297. The summed E-state index contributed by atoms with van der Waals surface area (Å²) >= 11 is 1.68. The standard InChI is InChI=1S/C11H16OS/c1-8-5-6-13-10(8)11(2,12)7-9-3-4-9/h5-6,9,12H,3-4,7H2,1-2H3. The summed E-state index contributed by atoms with van der Waals surface area (Å²) in [5.74, 6) is 0.775. The van der Waals surface area contributed by atoms with Crippen molar-refractivity contribution in [3.05, 3.63) is 21.9 Å². The summed E-state index contributed by atoms with van der Waals surface area (Å²) in [5, 5.41) is 12.3. The summed E-state index contributed by atoms with van der Waals surface area (Å²) in [4.78, 5) is 1.15. The summed E-state index contributed by atoms with van der Waals surface area (Å²) in [5.41, 5.74) is 0.648. The number of rotatable bonds is 3. The van der Waals surface area contributed by atoms with Gasteiger partial charge in [-0.3, -0.25) is 0 Å². The van der Waals surface area contributed by atoms with Crippen LogP contribution in [0.3, 0.4) is 0 Å². The Morgan fingerprint density at radius 1 is 1.62 bits per heavy atom. The minimum atomic E-state index is -0.584. The number of hydrogen-bond acceptors (Lipinski definition) is 2. The molecule has 0 aliphatic heterocycles. The van der Waals surface area contributed by atoms with Gasteiger partial charge >= 0.3 is 0 Å². The highest BCUT2D eigenvalue weighted by atomic mass is 32.1. The molecule has 2 rings (SSSR count). The van der Waals surface area contributed by atoms with E-state index in [4.69, 9.17) is 0 Å². The largest absolute Gasteiger partial charge is 0.385 e. The third-order valence-corrected chi connectivity index (χ3v) is 4.00. The second kappa shape index (κ2) is 3.10. The fraction of sp³-hybridized carbons (Fsp3) is 0.636. The van der Waals surface area contributed by atoms with E-state index in [0.29, 0.717) is 0 Å². The van der Waals surface area contributed by atoms with Gasteiger partial charge in [0.2, 0.25) is 0 Å². The molecular weight excluding hydrogens is 180 g/mol. The molecule has 1 aliphatic carbocycles. The number of aliphatic hydroxyl groups is 1. The molecule has 1 N–H and O–H groups in total. The fourth-order valence-corrected chi connectivity index (χ4v) is 2.90. The predicted molar refractivity (Wildman–Crippen MR) is 56.0 cm³/mol. The minimum absolute atomic E-state index is 0.584. The van der Waals surface area contributed by atoms with Crippen LogP contribution in [0.2, 0.25) is 0 Å². The van der Waals surface area contributed by atoms with Crippen molar-refractivity contribution in [1.29, 1.82) is 0 Å². The fourth-order valence-electron chi connectivity index (χ4n) is 1.90. The molecule has 1 fully saturated rings. The normalized spacial score (nSPS) is 21.5. The van der Waals surface area contributed by atoms with E-state index in [9.17, 15) is 5.11 Å². The summed E-state index contributed by atoms with van der Waals surface area (Å²) in [6.45, 7) is 4.03. The molecule has 1 unspecified atom stereocenters. The van der Waals surface area contributed by atoms with Crippen molar-refractivity contribution in [1.82, 2.24) is 0 Å². The van der Waals surface area contributed by atoms with E-state index in [2.05, 4.69) is 18.4 Å². The van der Waals surface area contributed by atoms with E-state index >= 15 is 0 Å². The molecule has 1 aromatic rings. The first-order valence-electron chi connectivity index (χ1n) is 4.86. The quantitative estimate of drug-likeness (QED) is 0.787. The first-order valence-corrected chi connectivity index (χ1v) is 5.74. The molecule has 0 radical (unpaired) electrons. The average Bonchev–Trinajstić information content (AvgIpc) is 2.69. The third-order valence-electron chi connectivity index (χ3n) is 2.73. The molecule has 1 heterocycles. The zero-order chi connectivity index (χ0) is 9.47. The lowest BCUT2D eigenvalue weighted by atomic mass is 9.95. The Kier molecular flexibility index (Phi) is 2.20. The molecule has 0 bridgehead atoms. The highest BCUT2D eigenvalue weighted by Crippen LogP contribution is 2.42. The van der Waals surface area contributed by atoms with Crippen LogP contribution in [-0.4, -0.2) is 5.11 Å². The first-order chi connectivity index (χ1) is 6.09. The van der Waals surface area contributed by atoms with Crippen molar-refractivity contribution in [2.45, 2.75) is 38.7 Å². The van der Waals surface area contributed by atoms with Crippen LogP contribution in [0, 0.1) is 12.8 Å². The van der Waals surface area contributed by atoms with Crippen molar-refractivity contribution in [3.8, 4) is 0 Å². The molecule has 0 saturated heterocycles. The smallest absolute Gasteiger partial charge is 0.0965 e. The lowest BCUT2D eigenvalue weighted by Gasteiger charge is -2.22. The van der Waals surface area contributed by atoms with Gasteiger partial charge in [-0.1, -0.05) is 12.8 Å². The maximum atomic E-state index is 10.3. The molecule has 1 aliphatic rings. The van der Waals surface area contributed by atoms with Crippen LogP contribution >= 0.6 is 11.3 Å². The van der Waals surface area contributed by atoms with Gasteiger partial charge in [0.25, 0.3) is 0 Å². The highest BCUT2D eigenvalue weighted by molar-refractivity contribution is 7.10. The van der Waals surface area contributed by atoms with Crippen LogP contribution in [-0.2, 0) is 5.60 Å². The Labute approximate surface area is 83.4 Å². The van der Waals surface area contributed by atoms with Crippen LogP contribution in [0.4, 0.5) is 0 Å². The zero-order valence-corrected chi connectivity index (χ0v) is 9.03. The van der Waals surface area contributed by atoms with Crippen LogP contribution < -0.4 is 0 Å². The maximum absolute atomic E-state index is 10.3. The van der Waals surface area contributed by atoms with Gasteiger partial charge in [0.15, 0.2) is 0 Å². The van der Waals surface area contributed by atoms with Gasteiger partial charge in [0, 0.05) is 4.88 Å². The molecule has 1 aromatic heterocycles. The Balaban J connectivity index is 2.17. The second-order valence-corrected chi connectivity index (χ2v) is 5.27. The first kappa shape index (κ1) is 9.22. The maximum Gasteiger partial charge on any atom is 0.0965 e. The SMILES string of the molecule is Cc1ccsc1C(C)(O)CC1CC1. The molecule has 0 amide bonds. The molecule has 0 aromatic carbocycles. The lowest BCUT2D eigenvalue weighted by Crippen LogP contribution is -2.21. The van der Waals surface area contributed by atoms with Crippen molar-refractivity contribution < 1.29 is 5.11 Å². The van der Waals surface area contributed by atoms with Crippen molar-refractivity contribution >= 4 is 11.3 Å². The Morgan fingerprint density at radius 3 is 2.77 bits per heavy atom. The molecule has 1 nitrogen and oxygen atoms in total. The molecule has 13 heavy (non-hydrogen) atoms. The lowest BCUT2D eigenvalue weighted by molar-refractivity contribution is 0.0449. The summed E-state index contributed by atoms with van der Waals surface area (Å²) in [7, 11) is 0. The number of hydrogen-bond donors (Lipinski definition) is 1. The monoisotopic (exact) mass is 196 g/mol. The number of thiophene rings is 1. The predicted octanol–water partition coefficient (Wildman–Crippen LogP) is 3.06.